The highest BCUT2D eigenvalue weighted by Crippen LogP contribution is 2.34. The van der Waals surface area contributed by atoms with Crippen LogP contribution in [0.2, 0.25) is 0 Å². The largest absolute Gasteiger partial charge is 0.490 e. The average Bonchev–Trinajstić information content (AvgIpc) is 2.95. The fourth-order valence-electron chi connectivity index (χ4n) is 3.11. The predicted octanol–water partition coefficient (Wildman–Crippen LogP) is 1.34. The highest BCUT2D eigenvalue weighted by Gasteiger charge is 2.32. The monoisotopic (exact) mass is 379 g/mol. The van der Waals surface area contributed by atoms with Crippen LogP contribution in [-0.4, -0.2) is 55.4 Å². The van der Waals surface area contributed by atoms with Crippen LogP contribution < -0.4 is 9.47 Å². The van der Waals surface area contributed by atoms with E-state index in [4.69, 9.17) is 14.2 Å². The quantitative estimate of drug-likeness (QED) is 0.800. The third-order valence-electron chi connectivity index (χ3n) is 4.48. The van der Waals surface area contributed by atoms with E-state index < -0.39 is 10.0 Å². The van der Waals surface area contributed by atoms with Crippen molar-refractivity contribution >= 4 is 10.0 Å². The average molecular weight is 379 g/mol. The first-order valence-electron chi connectivity index (χ1n) is 8.54. The Labute approximate surface area is 152 Å². The Balaban J connectivity index is 1.58. The van der Waals surface area contributed by atoms with Crippen LogP contribution in [-0.2, 0) is 21.8 Å². The van der Waals surface area contributed by atoms with Gasteiger partial charge in [-0.1, -0.05) is 0 Å². The zero-order valence-electron chi connectivity index (χ0n) is 14.5. The van der Waals surface area contributed by atoms with Crippen LogP contribution >= 0.6 is 0 Å². The molecule has 4 rings (SSSR count). The number of nitrogens with zero attached hydrogens (tertiary/aromatic N) is 3. The topological polar surface area (TPSA) is 82.9 Å². The van der Waals surface area contributed by atoms with E-state index in [1.54, 1.807) is 29.1 Å². The maximum Gasteiger partial charge on any atom is 0.243 e. The lowest BCUT2D eigenvalue weighted by atomic mass is 10.2. The fourth-order valence-corrected chi connectivity index (χ4v) is 4.55. The number of fused-ring (bicyclic) bond motifs is 1. The summed E-state index contributed by atoms with van der Waals surface area (Å²) in [4.78, 5) is 0.202. The first-order valence-corrected chi connectivity index (χ1v) is 9.98. The summed E-state index contributed by atoms with van der Waals surface area (Å²) in [5.41, 5.74) is 0.867. The van der Waals surface area contributed by atoms with Crippen molar-refractivity contribution in [2.75, 3.05) is 32.9 Å². The zero-order chi connectivity index (χ0) is 18.1. The molecule has 0 bridgehead atoms. The molecule has 2 aromatic rings. The Morgan fingerprint density at radius 3 is 2.73 bits per heavy atom. The Kier molecular flexibility index (Phi) is 4.60. The van der Waals surface area contributed by atoms with Gasteiger partial charge in [0.25, 0.3) is 0 Å². The molecule has 2 aliphatic heterocycles. The van der Waals surface area contributed by atoms with Crippen molar-refractivity contribution in [1.82, 2.24) is 14.1 Å². The first kappa shape index (κ1) is 17.3. The minimum absolute atomic E-state index is 0.202. The van der Waals surface area contributed by atoms with Crippen LogP contribution in [0, 0.1) is 0 Å². The fraction of sp³-hybridized carbons (Fsp3) is 0.471. The van der Waals surface area contributed by atoms with Gasteiger partial charge in [0.2, 0.25) is 10.0 Å². The molecular formula is C17H21N3O5S. The van der Waals surface area contributed by atoms with Gasteiger partial charge in [0.15, 0.2) is 11.5 Å². The van der Waals surface area contributed by atoms with Gasteiger partial charge in [-0.2, -0.15) is 9.40 Å². The molecule has 1 aromatic carbocycles. The van der Waals surface area contributed by atoms with E-state index in [9.17, 15) is 8.42 Å². The minimum atomic E-state index is -3.65. The van der Waals surface area contributed by atoms with Crippen LogP contribution in [0.1, 0.15) is 18.1 Å². The van der Waals surface area contributed by atoms with E-state index in [1.807, 2.05) is 13.2 Å². The maximum atomic E-state index is 13.1. The number of sulfonamides is 1. The van der Waals surface area contributed by atoms with E-state index in [-0.39, 0.29) is 17.5 Å². The van der Waals surface area contributed by atoms with Gasteiger partial charge >= 0.3 is 0 Å². The summed E-state index contributed by atoms with van der Waals surface area (Å²) < 4.78 is 46.3. The van der Waals surface area contributed by atoms with Gasteiger partial charge in [-0.25, -0.2) is 8.42 Å². The normalized spacial score (nSPS) is 21.3. The highest BCUT2D eigenvalue weighted by atomic mass is 32.2. The van der Waals surface area contributed by atoms with Gasteiger partial charge in [-0.3, -0.25) is 4.68 Å². The molecule has 1 atom stereocenters. The molecule has 0 radical (unpaired) electrons. The van der Waals surface area contributed by atoms with Crippen molar-refractivity contribution < 1.29 is 22.6 Å². The first-order chi connectivity index (χ1) is 12.5. The number of morpholine rings is 1. The van der Waals surface area contributed by atoms with E-state index in [0.717, 1.165) is 12.0 Å². The summed E-state index contributed by atoms with van der Waals surface area (Å²) in [5.74, 6) is 1.05. The van der Waals surface area contributed by atoms with Crippen LogP contribution in [0.25, 0.3) is 0 Å². The molecule has 0 unspecified atom stereocenters. The Hall–Kier alpha value is -2.10. The molecule has 8 nitrogen and oxygen atoms in total. The third-order valence-corrected chi connectivity index (χ3v) is 6.34. The van der Waals surface area contributed by atoms with Gasteiger partial charge < -0.3 is 14.2 Å². The summed E-state index contributed by atoms with van der Waals surface area (Å²) in [6.45, 7) is 1.98. The lowest BCUT2D eigenvalue weighted by Gasteiger charge is -2.31. The Morgan fingerprint density at radius 2 is 1.96 bits per heavy atom. The smallest absolute Gasteiger partial charge is 0.243 e. The van der Waals surface area contributed by atoms with Crippen molar-refractivity contribution in [3.63, 3.8) is 0 Å². The number of aromatic nitrogens is 2. The van der Waals surface area contributed by atoms with Crippen LogP contribution in [0.5, 0.6) is 11.5 Å². The summed E-state index contributed by atoms with van der Waals surface area (Å²) in [6, 6.07) is 4.77. The molecular weight excluding hydrogens is 358 g/mol. The highest BCUT2D eigenvalue weighted by molar-refractivity contribution is 7.89. The molecule has 1 saturated heterocycles. The van der Waals surface area contributed by atoms with Crippen molar-refractivity contribution in [3.8, 4) is 11.5 Å². The van der Waals surface area contributed by atoms with E-state index in [1.165, 1.54) is 4.31 Å². The molecule has 9 heteroatoms. The Morgan fingerprint density at radius 1 is 1.15 bits per heavy atom. The number of hydrogen-bond acceptors (Lipinski definition) is 6. The van der Waals surface area contributed by atoms with Gasteiger partial charge in [0, 0.05) is 44.4 Å². The molecule has 0 spiro atoms. The van der Waals surface area contributed by atoms with Gasteiger partial charge in [0.1, 0.15) is 0 Å². The molecule has 26 heavy (non-hydrogen) atoms. The second-order valence-electron chi connectivity index (χ2n) is 6.33. The minimum Gasteiger partial charge on any atom is -0.490 e. The Bertz CT molecular complexity index is 896. The molecule has 140 valence electrons. The SMILES string of the molecule is Cn1cc([C@H]2CN(S(=O)(=O)c3ccc4c(c3)OCCCO4)CCO2)cn1. The number of benzene rings is 1. The molecule has 1 fully saturated rings. The van der Waals surface area contributed by atoms with Crippen molar-refractivity contribution in [1.29, 1.82) is 0 Å². The number of ether oxygens (including phenoxy) is 3. The second-order valence-corrected chi connectivity index (χ2v) is 8.27. The van der Waals surface area contributed by atoms with Gasteiger partial charge in [-0.05, 0) is 12.1 Å². The summed E-state index contributed by atoms with van der Waals surface area (Å²) >= 11 is 0. The zero-order valence-corrected chi connectivity index (χ0v) is 15.3. The molecule has 1 aromatic heterocycles. The third kappa shape index (κ3) is 3.29. The van der Waals surface area contributed by atoms with Crippen molar-refractivity contribution in [2.24, 2.45) is 7.05 Å². The van der Waals surface area contributed by atoms with E-state index in [0.29, 0.717) is 37.9 Å². The second kappa shape index (κ2) is 6.90. The maximum absolute atomic E-state index is 13.1. The summed E-state index contributed by atoms with van der Waals surface area (Å²) in [7, 11) is -1.83. The van der Waals surface area contributed by atoms with Crippen LogP contribution in [0.15, 0.2) is 35.5 Å². The van der Waals surface area contributed by atoms with Gasteiger partial charge in [0.05, 0.1) is 37.0 Å². The van der Waals surface area contributed by atoms with Gasteiger partial charge in [-0.15, -0.1) is 0 Å². The number of aryl methyl sites for hydroxylation is 1. The molecule has 0 saturated carbocycles. The predicted molar refractivity (Wildman–Crippen MR) is 92.7 cm³/mol. The van der Waals surface area contributed by atoms with Crippen molar-refractivity contribution in [2.45, 2.75) is 17.4 Å². The molecule has 3 heterocycles. The lowest BCUT2D eigenvalue weighted by molar-refractivity contribution is -0.00259. The van der Waals surface area contributed by atoms with Crippen LogP contribution in [0.4, 0.5) is 0 Å². The van der Waals surface area contributed by atoms with E-state index >= 15 is 0 Å². The molecule has 0 aliphatic carbocycles. The standard InChI is InChI=1S/C17H21N3O5S/c1-19-11-13(10-18-19)17-12-20(5-8-25-17)26(21,22)14-3-4-15-16(9-14)24-7-2-6-23-15/h3-4,9-11,17H,2,5-8,12H2,1H3/t17-/m1/s1. The van der Waals surface area contributed by atoms with Crippen molar-refractivity contribution in [3.05, 3.63) is 36.2 Å². The molecule has 0 amide bonds. The lowest BCUT2D eigenvalue weighted by Crippen LogP contribution is -2.42. The van der Waals surface area contributed by atoms with E-state index in [2.05, 4.69) is 5.10 Å². The number of hydrogen-bond donors (Lipinski definition) is 0. The summed E-state index contributed by atoms with van der Waals surface area (Å²) in [6.07, 6.45) is 3.99. The number of rotatable bonds is 3. The molecule has 2 aliphatic rings. The van der Waals surface area contributed by atoms with Crippen LogP contribution in [0.3, 0.4) is 0 Å². The molecule has 0 N–H and O–H groups in total. The summed E-state index contributed by atoms with van der Waals surface area (Å²) in [5, 5.41) is 4.13.